The number of benzene rings is 1. The Morgan fingerprint density at radius 3 is 2.85 bits per heavy atom. The van der Waals surface area contributed by atoms with Crippen LogP contribution in [0.3, 0.4) is 0 Å². The fourth-order valence-electron chi connectivity index (χ4n) is 2.77. The van der Waals surface area contributed by atoms with Crippen LogP contribution in [-0.4, -0.2) is 23.1 Å². The normalized spacial score (nSPS) is 13.0. The molecule has 0 fully saturated rings. The van der Waals surface area contributed by atoms with Gasteiger partial charge < -0.3 is 10.4 Å². The van der Waals surface area contributed by atoms with Crippen LogP contribution in [0.4, 0.5) is 5.00 Å². The molecule has 27 heavy (non-hydrogen) atoms. The second-order valence-corrected chi connectivity index (χ2v) is 7.42. The Morgan fingerprint density at radius 2 is 2.07 bits per heavy atom. The first-order chi connectivity index (χ1) is 13.0. The van der Waals surface area contributed by atoms with Gasteiger partial charge >= 0.3 is 11.8 Å². The van der Waals surface area contributed by atoms with E-state index < -0.39 is 11.8 Å². The summed E-state index contributed by atoms with van der Waals surface area (Å²) in [5.41, 5.74) is 3.78. The van der Waals surface area contributed by atoms with E-state index >= 15 is 0 Å². The highest BCUT2D eigenvalue weighted by Gasteiger charge is 2.23. The lowest BCUT2D eigenvalue weighted by atomic mass is 9.96. The minimum Gasteiger partial charge on any atom is -0.507 e. The maximum Gasteiger partial charge on any atom is 0.329 e. The Hall–Kier alpha value is -2.89. The smallest absolute Gasteiger partial charge is 0.329 e. The van der Waals surface area contributed by atoms with Gasteiger partial charge in [0.15, 0.2) is 0 Å². The molecule has 0 spiro atoms. The van der Waals surface area contributed by atoms with E-state index in [0.717, 1.165) is 36.1 Å². The van der Waals surface area contributed by atoms with E-state index in [9.17, 15) is 20.0 Å². The highest BCUT2D eigenvalue weighted by atomic mass is 35.5. The van der Waals surface area contributed by atoms with Crippen molar-refractivity contribution in [2.75, 3.05) is 5.32 Å². The number of nitrogens with one attached hydrogen (secondary N) is 2. The standard InChI is InChI=1S/C18H15ClN4O3S/c19-11-5-6-14(24)10(7-11)9-21-23-17(26)16(25)22-18-13(8-20)12-3-1-2-4-15(12)27-18/h5-7,9,24H,1-4H2,(H,22,25)(H,23,26)/b21-9+. The molecule has 9 heteroatoms. The summed E-state index contributed by atoms with van der Waals surface area (Å²) in [6, 6.07) is 6.48. The van der Waals surface area contributed by atoms with Gasteiger partial charge in [0.2, 0.25) is 0 Å². The fraction of sp³-hybridized carbons (Fsp3) is 0.222. The maximum atomic E-state index is 12.1. The average Bonchev–Trinajstić information content (AvgIpc) is 3.01. The van der Waals surface area contributed by atoms with Crippen molar-refractivity contribution in [2.45, 2.75) is 25.7 Å². The number of halogens is 1. The second kappa shape index (κ2) is 8.20. The van der Waals surface area contributed by atoms with Gasteiger partial charge in [-0.05, 0) is 49.4 Å². The van der Waals surface area contributed by atoms with Crippen molar-refractivity contribution < 1.29 is 14.7 Å². The van der Waals surface area contributed by atoms with Crippen LogP contribution in [0, 0.1) is 11.3 Å². The predicted molar refractivity (Wildman–Crippen MR) is 103 cm³/mol. The number of hydrogen-bond donors (Lipinski definition) is 3. The second-order valence-electron chi connectivity index (χ2n) is 5.88. The number of fused-ring (bicyclic) bond motifs is 1. The lowest BCUT2D eigenvalue weighted by molar-refractivity contribution is -0.136. The third-order valence-electron chi connectivity index (χ3n) is 4.08. The van der Waals surface area contributed by atoms with Gasteiger partial charge in [-0.3, -0.25) is 9.59 Å². The predicted octanol–water partition coefficient (Wildman–Crippen LogP) is 2.95. The number of aryl methyl sites for hydroxylation is 1. The summed E-state index contributed by atoms with van der Waals surface area (Å²) >= 11 is 7.16. The van der Waals surface area contributed by atoms with Crippen LogP contribution >= 0.6 is 22.9 Å². The molecule has 1 aromatic heterocycles. The van der Waals surface area contributed by atoms with Crippen LogP contribution in [0.15, 0.2) is 23.3 Å². The van der Waals surface area contributed by atoms with E-state index in [-0.39, 0.29) is 5.75 Å². The number of hydrazone groups is 1. The third-order valence-corrected chi connectivity index (χ3v) is 5.52. The van der Waals surface area contributed by atoms with Gasteiger partial charge in [0.25, 0.3) is 0 Å². The largest absolute Gasteiger partial charge is 0.507 e. The summed E-state index contributed by atoms with van der Waals surface area (Å²) in [5, 5.41) is 26.0. The minimum atomic E-state index is -0.983. The quantitative estimate of drug-likeness (QED) is 0.416. The van der Waals surface area contributed by atoms with Crippen molar-refractivity contribution in [1.82, 2.24) is 5.43 Å². The van der Waals surface area contributed by atoms with Crippen LogP contribution < -0.4 is 10.7 Å². The van der Waals surface area contributed by atoms with E-state index in [1.54, 1.807) is 0 Å². The Balaban J connectivity index is 1.66. The number of rotatable bonds is 3. The van der Waals surface area contributed by atoms with E-state index in [1.165, 1.54) is 35.8 Å². The molecule has 0 atom stereocenters. The van der Waals surface area contributed by atoms with Crippen molar-refractivity contribution >= 4 is 46.0 Å². The molecule has 0 bridgehead atoms. The fourth-order valence-corrected chi connectivity index (χ4v) is 4.19. The number of aromatic hydroxyl groups is 1. The molecule has 0 saturated carbocycles. The summed E-state index contributed by atoms with van der Waals surface area (Å²) in [5.74, 6) is -1.97. The van der Waals surface area contributed by atoms with E-state index in [1.807, 2.05) is 0 Å². The van der Waals surface area contributed by atoms with Crippen LogP contribution in [0.2, 0.25) is 5.02 Å². The summed E-state index contributed by atoms with van der Waals surface area (Å²) in [6.45, 7) is 0. The first-order valence-corrected chi connectivity index (χ1v) is 9.36. The molecule has 3 N–H and O–H groups in total. The number of nitrogens with zero attached hydrogens (tertiary/aromatic N) is 2. The molecular weight excluding hydrogens is 388 g/mol. The van der Waals surface area contributed by atoms with Crippen molar-refractivity contribution in [3.05, 3.63) is 44.8 Å². The Labute approximate surface area is 164 Å². The number of carbonyl (C=O) groups excluding carboxylic acids is 2. The summed E-state index contributed by atoms with van der Waals surface area (Å²) in [6.07, 6.45) is 4.93. The number of nitriles is 1. The molecule has 1 heterocycles. The van der Waals surface area contributed by atoms with Crippen molar-refractivity contribution in [3.63, 3.8) is 0 Å². The summed E-state index contributed by atoms with van der Waals surface area (Å²) in [7, 11) is 0. The Morgan fingerprint density at radius 1 is 1.30 bits per heavy atom. The molecule has 1 aliphatic rings. The van der Waals surface area contributed by atoms with E-state index in [2.05, 4.69) is 21.9 Å². The lowest BCUT2D eigenvalue weighted by Crippen LogP contribution is -2.32. The molecule has 138 valence electrons. The molecule has 3 rings (SSSR count). The van der Waals surface area contributed by atoms with Crippen LogP contribution in [0.1, 0.15) is 34.4 Å². The number of carbonyl (C=O) groups is 2. The van der Waals surface area contributed by atoms with Gasteiger partial charge in [-0.25, -0.2) is 5.43 Å². The Bertz CT molecular complexity index is 978. The van der Waals surface area contributed by atoms with E-state index in [0.29, 0.717) is 21.2 Å². The number of phenolic OH excluding ortho intramolecular Hbond substituents is 1. The van der Waals surface area contributed by atoms with Gasteiger partial charge in [0.05, 0.1) is 11.8 Å². The van der Waals surface area contributed by atoms with Gasteiger partial charge in [-0.1, -0.05) is 11.6 Å². The SMILES string of the molecule is N#Cc1c(NC(=O)C(=O)N/N=C/c2cc(Cl)ccc2O)sc2c1CCCC2. The van der Waals surface area contributed by atoms with Crippen LogP contribution in [-0.2, 0) is 22.4 Å². The van der Waals surface area contributed by atoms with Crippen molar-refractivity contribution in [2.24, 2.45) is 5.10 Å². The number of hydrogen-bond acceptors (Lipinski definition) is 6. The molecule has 7 nitrogen and oxygen atoms in total. The van der Waals surface area contributed by atoms with Crippen LogP contribution in [0.25, 0.3) is 0 Å². The van der Waals surface area contributed by atoms with Crippen molar-refractivity contribution in [3.8, 4) is 11.8 Å². The van der Waals surface area contributed by atoms with Crippen molar-refractivity contribution in [1.29, 1.82) is 5.26 Å². The highest BCUT2D eigenvalue weighted by Crippen LogP contribution is 2.37. The molecular formula is C18H15ClN4O3S. The zero-order chi connectivity index (χ0) is 19.4. The molecule has 0 saturated heterocycles. The molecule has 2 amide bonds. The summed E-state index contributed by atoms with van der Waals surface area (Å²) < 4.78 is 0. The zero-order valence-electron chi connectivity index (χ0n) is 14.1. The third kappa shape index (κ3) is 4.27. The van der Waals surface area contributed by atoms with E-state index in [4.69, 9.17) is 11.6 Å². The average molecular weight is 403 g/mol. The summed E-state index contributed by atoms with van der Waals surface area (Å²) in [4.78, 5) is 25.1. The molecule has 0 unspecified atom stereocenters. The van der Waals surface area contributed by atoms with Crippen LogP contribution in [0.5, 0.6) is 5.75 Å². The lowest BCUT2D eigenvalue weighted by Gasteiger charge is -2.09. The van der Waals surface area contributed by atoms with Gasteiger partial charge in [-0.15, -0.1) is 11.3 Å². The minimum absolute atomic E-state index is 0.0651. The van der Waals surface area contributed by atoms with Gasteiger partial charge in [-0.2, -0.15) is 10.4 Å². The molecule has 1 aromatic carbocycles. The van der Waals surface area contributed by atoms with Gasteiger partial charge in [0, 0.05) is 15.5 Å². The molecule has 0 radical (unpaired) electrons. The number of anilines is 1. The number of phenols is 1. The topological polar surface area (TPSA) is 115 Å². The number of thiophene rings is 1. The first kappa shape index (κ1) is 18.9. The zero-order valence-corrected chi connectivity index (χ0v) is 15.7. The highest BCUT2D eigenvalue weighted by molar-refractivity contribution is 7.16. The first-order valence-electron chi connectivity index (χ1n) is 8.17. The van der Waals surface area contributed by atoms with Gasteiger partial charge in [0.1, 0.15) is 16.8 Å². The Kier molecular flexibility index (Phi) is 5.74. The molecule has 0 aliphatic heterocycles. The maximum absolute atomic E-state index is 12.1. The number of amides is 2. The molecule has 1 aliphatic carbocycles. The molecule has 2 aromatic rings. The monoisotopic (exact) mass is 402 g/mol.